The second kappa shape index (κ2) is 8.73. The van der Waals surface area contributed by atoms with Crippen LogP contribution in [0.5, 0.6) is 0 Å². The summed E-state index contributed by atoms with van der Waals surface area (Å²) in [6, 6.07) is 7.02. The number of fused-ring (bicyclic) bond motifs is 1. The molecule has 5 nitrogen and oxygen atoms in total. The molecule has 2 aromatic heterocycles. The fourth-order valence-corrected chi connectivity index (χ4v) is 5.10. The number of halogens is 5. The van der Waals surface area contributed by atoms with Gasteiger partial charge in [-0.25, -0.2) is 13.6 Å². The van der Waals surface area contributed by atoms with Gasteiger partial charge in [0, 0.05) is 55.0 Å². The highest BCUT2D eigenvalue weighted by Crippen LogP contribution is 2.43. The van der Waals surface area contributed by atoms with Gasteiger partial charge in [0.15, 0.2) is 0 Å². The van der Waals surface area contributed by atoms with Crippen molar-refractivity contribution in [3.05, 3.63) is 47.7 Å². The minimum absolute atomic E-state index is 0.0703. The van der Waals surface area contributed by atoms with Gasteiger partial charge in [0.1, 0.15) is 9.99 Å². The third kappa shape index (κ3) is 4.83. The van der Waals surface area contributed by atoms with Crippen molar-refractivity contribution in [2.75, 3.05) is 25.0 Å². The molecule has 0 atom stereocenters. The first-order chi connectivity index (χ1) is 15.9. The molecule has 4 rings (SSSR count). The number of hydrogen-bond acceptors (Lipinski definition) is 4. The van der Waals surface area contributed by atoms with E-state index < -0.39 is 23.8 Å². The molecule has 0 saturated carbocycles. The molecule has 1 fully saturated rings. The summed E-state index contributed by atoms with van der Waals surface area (Å²) in [5.41, 5.74) is 0.105. The van der Waals surface area contributed by atoms with Crippen molar-refractivity contribution in [1.82, 2.24) is 9.88 Å². The number of carbonyl (C=O) groups is 1. The first kappa shape index (κ1) is 24.3. The maximum atomic E-state index is 13.8. The van der Waals surface area contributed by atoms with Crippen molar-refractivity contribution in [2.45, 2.75) is 24.9 Å². The SMILES string of the molecule is CN(C(=O)O)c1cc2cc(-c3ccc(C(=S)N4CCC(F)(F)CC4)cn3)cc(C(F)(F)F)c2s1. The topological polar surface area (TPSA) is 56.7 Å². The van der Waals surface area contributed by atoms with Crippen LogP contribution in [-0.2, 0) is 6.18 Å². The fourth-order valence-electron chi connectivity index (χ4n) is 3.67. The van der Waals surface area contributed by atoms with E-state index in [1.807, 2.05) is 0 Å². The van der Waals surface area contributed by atoms with Gasteiger partial charge in [0.2, 0.25) is 0 Å². The van der Waals surface area contributed by atoms with E-state index in [9.17, 15) is 26.7 Å². The Labute approximate surface area is 200 Å². The molecular formula is C22H18F5N3O2S2. The number of hydrogen-bond donors (Lipinski definition) is 1. The molecule has 0 radical (unpaired) electrons. The van der Waals surface area contributed by atoms with Gasteiger partial charge >= 0.3 is 12.3 Å². The lowest BCUT2D eigenvalue weighted by Crippen LogP contribution is -2.42. The van der Waals surface area contributed by atoms with Crippen LogP contribution in [0.15, 0.2) is 36.5 Å². The number of alkyl halides is 5. The van der Waals surface area contributed by atoms with Gasteiger partial charge in [-0.3, -0.25) is 9.88 Å². The Bertz CT molecular complexity index is 1250. The van der Waals surface area contributed by atoms with Gasteiger partial charge in [-0.1, -0.05) is 12.2 Å². The van der Waals surface area contributed by atoms with Crippen LogP contribution in [0.1, 0.15) is 24.0 Å². The molecule has 0 bridgehead atoms. The fraction of sp³-hybridized carbons (Fsp3) is 0.318. The Morgan fingerprint density at radius 1 is 1.21 bits per heavy atom. The number of piperidine rings is 1. The Morgan fingerprint density at radius 3 is 2.44 bits per heavy atom. The third-order valence-electron chi connectivity index (χ3n) is 5.61. The summed E-state index contributed by atoms with van der Waals surface area (Å²) < 4.78 is 68.1. The van der Waals surface area contributed by atoms with Crippen molar-refractivity contribution < 1.29 is 31.9 Å². The van der Waals surface area contributed by atoms with Crippen LogP contribution in [0.3, 0.4) is 0 Å². The summed E-state index contributed by atoms with van der Waals surface area (Å²) >= 11 is 6.14. The number of likely N-dealkylation sites (tertiary alicyclic amines) is 1. The van der Waals surface area contributed by atoms with Crippen LogP contribution in [0.25, 0.3) is 21.3 Å². The number of carboxylic acid groups (broad SMARTS) is 1. The maximum absolute atomic E-state index is 13.8. The van der Waals surface area contributed by atoms with Crippen LogP contribution < -0.4 is 4.90 Å². The zero-order valence-electron chi connectivity index (χ0n) is 17.7. The highest BCUT2D eigenvalue weighted by Gasteiger charge is 2.36. The van der Waals surface area contributed by atoms with Gasteiger partial charge in [-0.05, 0) is 35.7 Å². The van der Waals surface area contributed by atoms with Crippen molar-refractivity contribution in [3.8, 4) is 11.3 Å². The number of benzene rings is 1. The van der Waals surface area contributed by atoms with Gasteiger partial charge in [0.25, 0.3) is 5.92 Å². The van der Waals surface area contributed by atoms with Crippen molar-refractivity contribution in [2.24, 2.45) is 0 Å². The minimum atomic E-state index is -4.66. The van der Waals surface area contributed by atoms with E-state index in [2.05, 4.69) is 4.98 Å². The van der Waals surface area contributed by atoms with E-state index in [0.717, 1.165) is 22.3 Å². The van der Waals surface area contributed by atoms with Crippen molar-refractivity contribution >= 4 is 49.7 Å². The van der Waals surface area contributed by atoms with Crippen LogP contribution in [0.4, 0.5) is 31.7 Å². The predicted molar refractivity (Wildman–Crippen MR) is 124 cm³/mol. The third-order valence-corrected chi connectivity index (χ3v) is 7.37. The molecule has 1 aromatic carbocycles. The number of thiocarbonyl (C=S) groups is 1. The lowest BCUT2D eigenvalue weighted by molar-refractivity contribution is -0.136. The van der Waals surface area contributed by atoms with E-state index in [0.29, 0.717) is 10.6 Å². The molecule has 180 valence electrons. The molecule has 1 aliphatic rings. The maximum Gasteiger partial charge on any atom is 0.417 e. The monoisotopic (exact) mass is 515 g/mol. The molecule has 0 unspecified atom stereocenters. The number of aromatic nitrogens is 1. The van der Waals surface area contributed by atoms with E-state index in [4.69, 9.17) is 17.3 Å². The number of anilines is 1. The number of amides is 1. The number of thiophene rings is 1. The van der Waals surface area contributed by atoms with E-state index >= 15 is 0 Å². The summed E-state index contributed by atoms with van der Waals surface area (Å²) in [6.45, 7) is 0.231. The molecule has 12 heteroatoms. The smallest absolute Gasteiger partial charge is 0.417 e. The molecule has 1 amide bonds. The van der Waals surface area contributed by atoms with Crippen LogP contribution in [0.2, 0.25) is 0 Å². The molecule has 0 aliphatic carbocycles. The zero-order chi connectivity index (χ0) is 24.8. The summed E-state index contributed by atoms with van der Waals surface area (Å²) in [5.74, 6) is -2.70. The number of nitrogens with zero attached hydrogens (tertiary/aromatic N) is 3. The molecule has 1 N–H and O–H groups in total. The Kier molecular flexibility index (Phi) is 6.23. The summed E-state index contributed by atoms with van der Waals surface area (Å²) in [7, 11) is 1.26. The highest BCUT2D eigenvalue weighted by molar-refractivity contribution is 7.80. The number of pyridine rings is 1. The van der Waals surface area contributed by atoms with E-state index in [1.165, 1.54) is 31.4 Å². The van der Waals surface area contributed by atoms with Gasteiger partial charge < -0.3 is 10.0 Å². The normalized spacial score (nSPS) is 16.0. The van der Waals surface area contributed by atoms with Gasteiger partial charge in [0.05, 0.1) is 11.3 Å². The standard InChI is InChI=1S/C22H18F5N3O2S2/c1-29(20(31)32)17-10-14-8-13(9-15(18(14)34-17)22(25,26)27)16-3-2-12(11-28-16)19(33)30-6-4-21(23,24)5-7-30/h2-3,8-11H,4-7H2,1H3,(H,31,32). The van der Waals surface area contributed by atoms with Gasteiger partial charge in [-0.2, -0.15) is 13.2 Å². The highest BCUT2D eigenvalue weighted by atomic mass is 32.1. The van der Waals surface area contributed by atoms with E-state index in [-0.39, 0.29) is 52.3 Å². The largest absolute Gasteiger partial charge is 0.465 e. The van der Waals surface area contributed by atoms with Crippen LogP contribution in [-0.4, -0.2) is 52.1 Å². The molecule has 3 heterocycles. The molecule has 1 saturated heterocycles. The summed E-state index contributed by atoms with van der Waals surface area (Å²) in [6.07, 6.45) is -5.11. The van der Waals surface area contributed by atoms with Crippen LogP contribution >= 0.6 is 23.6 Å². The van der Waals surface area contributed by atoms with Crippen LogP contribution in [0, 0.1) is 0 Å². The first-order valence-electron chi connectivity index (χ1n) is 10.1. The molecule has 0 spiro atoms. The second-order valence-electron chi connectivity index (χ2n) is 7.95. The first-order valence-corrected chi connectivity index (χ1v) is 11.3. The predicted octanol–water partition coefficient (Wildman–Crippen LogP) is 6.50. The average Bonchev–Trinajstić information content (AvgIpc) is 3.20. The Morgan fingerprint density at radius 2 is 1.88 bits per heavy atom. The second-order valence-corrected chi connectivity index (χ2v) is 9.36. The Balaban J connectivity index is 1.67. The Hall–Kier alpha value is -2.86. The van der Waals surface area contributed by atoms with E-state index in [1.54, 1.807) is 11.0 Å². The number of rotatable bonds is 3. The molecule has 34 heavy (non-hydrogen) atoms. The average molecular weight is 516 g/mol. The quantitative estimate of drug-likeness (QED) is 0.319. The zero-order valence-corrected chi connectivity index (χ0v) is 19.3. The summed E-state index contributed by atoms with van der Waals surface area (Å²) in [4.78, 5) is 18.4. The summed E-state index contributed by atoms with van der Waals surface area (Å²) in [5, 5.41) is 9.56. The minimum Gasteiger partial charge on any atom is -0.465 e. The molecule has 1 aliphatic heterocycles. The lowest BCUT2D eigenvalue weighted by Gasteiger charge is -2.33. The van der Waals surface area contributed by atoms with Crippen molar-refractivity contribution in [1.29, 1.82) is 0 Å². The van der Waals surface area contributed by atoms with Gasteiger partial charge in [-0.15, -0.1) is 11.3 Å². The van der Waals surface area contributed by atoms with Crippen molar-refractivity contribution in [3.63, 3.8) is 0 Å². The lowest BCUT2D eigenvalue weighted by atomic mass is 10.0. The molecule has 3 aromatic rings. The molecular weight excluding hydrogens is 497 g/mol.